The fraction of sp³-hybridized carbons (Fsp3) is 0.500. The van der Waals surface area contributed by atoms with Crippen LogP contribution < -0.4 is 5.32 Å². The number of aromatic nitrogens is 2. The molecular formula is C16H19N3. The Labute approximate surface area is 113 Å². The number of anilines is 1. The number of nitrogens with one attached hydrogen (secondary N) is 1. The normalized spacial score (nSPS) is 29.0. The molecular weight excluding hydrogens is 234 g/mol. The zero-order valence-corrected chi connectivity index (χ0v) is 11.3. The summed E-state index contributed by atoms with van der Waals surface area (Å²) in [6.07, 6.45) is 5.55. The predicted octanol–water partition coefficient (Wildman–Crippen LogP) is 3.54. The van der Waals surface area contributed by atoms with Gasteiger partial charge in [0.1, 0.15) is 0 Å². The summed E-state index contributed by atoms with van der Waals surface area (Å²) in [7, 11) is 0. The van der Waals surface area contributed by atoms with E-state index >= 15 is 0 Å². The maximum Gasteiger partial charge on any atom is 0.156 e. The number of fused-ring (bicyclic) bond motifs is 3. The third kappa shape index (κ3) is 1.79. The van der Waals surface area contributed by atoms with Crippen LogP contribution in [0.2, 0.25) is 0 Å². The molecule has 4 rings (SSSR count). The first-order chi connectivity index (χ1) is 9.31. The first kappa shape index (κ1) is 11.2. The smallest absolute Gasteiger partial charge is 0.156 e. The van der Waals surface area contributed by atoms with Gasteiger partial charge in [0.2, 0.25) is 0 Å². The molecule has 2 aromatic rings. The van der Waals surface area contributed by atoms with Gasteiger partial charge in [-0.1, -0.05) is 30.7 Å². The minimum atomic E-state index is 0.610. The average Bonchev–Trinajstić information content (AvgIpc) is 3.05. The molecule has 0 spiro atoms. The van der Waals surface area contributed by atoms with Crippen molar-refractivity contribution in [2.24, 2.45) is 11.8 Å². The molecule has 3 atom stereocenters. The molecule has 3 nitrogen and oxygen atoms in total. The van der Waals surface area contributed by atoms with Crippen LogP contribution >= 0.6 is 0 Å². The van der Waals surface area contributed by atoms with E-state index in [0.29, 0.717) is 6.04 Å². The van der Waals surface area contributed by atoms with E-state index in [4.69, 9.17) is 0 Å². The molecule has 1 aromatic heterocycles. The fourth-order valence-electron chi connectivity index (χ4n) is 3.94. The molecule has 2 saturated carbocycles. The Hall–Kier alpha value is -1.64. The number of hydrogen-bond acceptors (Lipinski definition) is 3. The van der Waals surface area contributed by atoms with Gasteiger partial charge in [-0.2, -0.15) is 5.10 Å². The zero-order chi connectivity index (χ0) is 12.8. The lowest BCUT2D eigenvalue weighted by Crippen LogP contribution is -2.26. The highest BCUT2D eigenvalue weighted by atomic mass is 15.2. The van der Waals surface area contributed by atoms with Crippen molar-refractivity contribution in [1.29, 1.82) is 0 Å². The van der Waals surface area contributed by atoms with E-state index in [-0.39, 0.29) is 0 Å². The minimum absolute atomic E-state index is 0.610. The van der Waals surface area contributed by atoms with Crippen LogP contribution in [0.1, 0.15) is 31.4 Å². The maximum atomic E-state index is 4.39. The van der Waals surface area contributed by atoms with E-state index in [1.807, 2.05) is 6.92 Å². The number of nitrogens with zero attached hydrogens (tertiary/aromatic N) is 2. The maximum absolute atomic E-state index is 4.39. The highest BCUT2D eigenvalue weighted by molar-refractivity contribution is 5.92. The summed E-state index contributed by atoms with van der Waals surface area (Å²) in [5.74, 6) is 2.78. The van der Waals surface area contributed by atoms with Crippen molar-refractivity contribution in [1.82, 2.24) is 10.2 Å². The van der Waals surface area contributed by atoms with Gasteiger partial charge in [0.05, 0.1) is 5.69 Å². The van der Waals surface area contributed by atoms with Crippen molar-refractivity contribution in [3.63, 3.8) is 0 Å². The largest absolute Gasteiger partial charge is 0.365 e. The summed E-state index contributed by atoms with van der Waals surface area (Å²) in [6, 6.07) is 9.03. The van der Waals surface area contributed by atoms with E-state index in [2.05, 4.69) is 39.8 Å². The molecule has 2 fully saturated rings. The molecule has 98 valence electrons. The lowest BCUT2D eigenvalue weighted by atomic mass is 9.95. The summed E-state index contributed by atoms with van der Waals surface area (Å²) < 4.78 is 0. The van der Waals surface area contributed by atoms with Crippen molar-refractivity contribution in [3.05, 3.63) is 30.0 Å². The van der Waals surface area contributed by atoms with Crippen LogP contribution in [-0.4, -0.2) is 16.2 Å². The van der Waals surface area contributed by atoms with Crippen molar-refractivity contribution >= 4 is 16.6 Å². The van der Waals surface area contributed by atoms with Gasteiger partial charge in [-0.15, -0.1) is 5.10 Å². The molecule has 2 aliphatic carbocycles. The van der Waals surface area contributed by atoms with Crippen molar-refractivity contribution in [2.75, 3.05) is 5.32 Å². The monoisotopic (exact) mass is 253 g/mol. The van der Waals surface area contributed by atoms with Gasteiger partial charge in [0.15, 0.2) is 5.82 Å². The second-order valence-corrected chi connectivity index (χ2v) is 6.11. The number of aryl methyl sites for hydroxylation is 1. The molecule has 1 N–H and O–H groups in total. The summed E-state index contributed by atoms with van der Waals surface area (Å²) in [4.78, 5) is 0. The van der Waals surface area contributed by atoms with E-state index < -0.39 is 0 Å². The Bertz CT molecular complexity index is 622. The predicted molar refractivity (Wildman–Crippen MR) is 77.1 cm³/mol. The fourth-order valence-corrected chi connectivity index (χ4v) is 3.94. The number of hydrogen-bond donors (Lipinski definition) is 1. The molecule has 0 radical (unpaired) electrons. The standard InChI is InChI=1S/C16H19N3/c1-10-13-4-2-3-5-14(13)16(19-18-10)17-15-9-11-6-7-12(15)8-11/h2-5,11-12,15H,6-9H2,1H3,(H,17,19). The second-order valence-electron chi connectivity index (χ2n) is 6.11. The topological polar surface area (TPSA) is 37.8 Å². The van der Waals surface area contributed by atoms with Gasteiger partial charge in [-0.25, -0.2) is 0 Å². The molecule has 2 bridgehead atoms. The molecule has 1 aromatic carbocycles. The van der Waals surface area contributed by atoms with Gasteiger partial charge in [-0.3, -0.25) is 0 Å². The van der Waals surface area contributed by atoms with E-state index in [9.17, 15) is 0 Å². The Kier molecular flexibility index (Phi) is 2.47. The molecule has 0 amide bonds. The summed E-state index contributed by atoms with van der Waals surface area (Å²) in [6.45, 7) is 2.02. The molecule has 19 heavy (non-hydrogen) atoms. The van der Waals surface area contributed by atoms with Gasteiger partial charge < -0.3 is 5.32 Å². The number of benzene rings is 1. The Balaban J connectivity index is 1.70. The van der Waals surface area contributed by atoms with Crippen molar-refractivity contribution < 1.29 is 0 Å². The van der Waals surface area contributed by atoms with E-state index in [1.165, 1.54) is 36.5 Å². The Morgan fingerprint density at radius 2 is 1.89 bits per heavy atom. The molecule has 0 aliphatic heterocycles. The van der Waals surface area contributed by atoms with Crippen LogP contribution in [0.3, 0.4) is 0 Å². The quantitative estimate of drug-likeness (QED) is 0.889. The first-order valence-electron chi connectivity index (χ1n) is 7.30. The molecule has 2 aliphatic rings. The summed E-state index contributed by atoms with van der Waals surface area (Å²) >= 11 is 0. The first-order valence-corrected chi connectivity index (χ1v) is 7.30. The van der Waals surface area contributed by atoms with Crippen LogP contribution in [0.15, 0.2) is 24.3 Å². The van der Waals surface area contributed by atoms with Crippen LogP contribution in [0, 0.1) is 18.8 Å². The third-order valence-electron chi connectivity index (χ3n) is 4.93. The van der Waals surface area contributed by atoms with E-state index in [0.717, 1.165) is 23.3 Å². The SMILES string of the molecule is Cc1nnc(NC2CC3CCC2C3)c2ccccc12. The summed E-state index contributed by atoms with van der Waals surface area (Å²) in [5, 5.41) is 14.8. The van der Waals surface area contributed by atoms with E-state index in [1.54, 1.807) is 0 Å². The molecule has 3 unspecified atom stereocenters. The van der Waals surface area contributed by atoms with Crippen LogP contribution in [0.4, 0.5) is 5.82 Å². The van der Waals surface area contributed by atoms with Gasteiger partial charge in [0, 0.05) is 16.8 Å². The zero-order valence-electron chi connectivity index (χ0n) is 11.3. The highest BCUT2D eigenvalue weighted by Gasteiger charge is 2.39. The van der Waals surface area contributed by atoms with Gasteiger partial charge >= 0.3 is 0 Å². The Morgan fingerprint density at radius 1 is 1.05 bits per heavy atom. The second kappa shape index (κ2) is 4.19. The number of rotatable bonds is 2. The lowest BCUT2D eigenvalue weighted by molar-refractivity contribution is 0.439. The molecule has 0 saturated heterocycles. The average molecular weight is 253 g/mol. The van der Waals surface area contributed by atoms with Crippen molar-refractivity contribution in [3.8, 4) is 0 Å². The molecule has 3 heteroatoms. The van der Waals surface area contributed by atoms with Crippen LogP contribution in [0.25, 0.3) is 10.8 Å². The van der Waals surface area contributed by atoms with Crippen LogP contribution in [0.5, 0.6) is 0 Å². The van der Waals surface area contributed by atoms with Crippen LogP contribution in [-0.2, 0) is 0 Å². The molecule has 1 heterocycles. The lowest BCUT2D eigenvalue weighted by Gasteiger charge is -2.23. The third-order valence-corrected chi connectivity index (χ3v) is 4.93. The Morgan fingerprint density at radius 3 is 2.63 bits per heavy atom. The summed E-state index contributed by atoms with van der Waals surface area (Å²) in [5.41, 5.74) is 1.01. The van der Waals surface area contributed by atoms with Gasteiger partial charge in [-0.05, 0) is 38.0 Å². The highest BCUT2D eigenvalue weighted by Crippen LogP contribution is 2.45. The van der Waals surface area contributed by atoms with Crippen molar-refractivity contribution in [2.45, 2.75) is 38.6 Å². The van der Waals surface area contributed by atoms with Gasteiger partial charge in [0.25, 0.3) is 0 Å². The minimum Gasteiger partial charge on any atom is -0.365 e.